The summed E-state index contributed by atoms with van der Waals surface area (Å²) in [5.74, 6) is 0.538. The molecule has 0 atom stereocenters. The van der Waals surface area contributed by atoms with Crippen molar-refractivity contribution >= 4 is 11.5 Å². The second kappa shape index (κ2) is 4.66. The van der Waals surface area contributed by atoms with Crippen molar-refractivity contribution in [3.05, 3.63) is 53.7 Å². The molecule has 3 heteroatoms. The molecule has 0 unspecified atom stereocenters. The number of nitrogens with zero attached hydrogens (tertiary/aromatic N) is 1. The van der Waals surface area contributed by atoms with Gasteiger partial charge in [-0.3, -0.25) is 0 Å². The molecule has 16 heavy (non-hydrogen) atoms. The minimum absolute atomic E-state index is 0.538. The molecule has 0 amide bonds. The second-order valence-corrected chi connectivity index (χ2v) is 3.75. The molecule has 1 aromatic carbocycles. The molecule has 4 N–H and O–H groups in total. The minimum Gasteiger partial charge on any atom is -0.398 e. The number of rotatable bonds is 3. The lowest BCUT2D eigenvalue weighted by molar-refractivity contribution is 0.957. The number of hydrogen-bond acceptors (Lipinski definition) is 3. The van der Waals surface area contributed by atoms with Crippen molar-refractivity contribution in [3.8, 4) is 0 Å². The molecule has 1 aromatic heterocycles. The van der Waals surface area contributed by atoms with Crippen LogP contribution in [0.25, 0.3) is 0 Å². The first kappa shape index (κ1) is 10.5. The fourth-order valence-electron chi connectivity index (χ4n) is 1.71. The van der Waals surface area contributed by atoms with Crippen LogP contribution < -0.4 is 11.5 Å². The van der Waals surface area contributed by atoms with Gasteiger partial charge in [0.05, 0.1) is 0 Å². The molecule has 3 nitrogen and oxygen atoms in total. The summed E-state index contributed by atoms with van der Waals surface area (Å²) in [6.07, 6.45) is 3.40. The SMILES string of the molecule is Nc1ccnc(N)c1CCc1ccccc1. The molecule has 0 spiro atoms. The van der Waals surface area contributed by atoms with E-state index in [0.29, 0.717) is 5.82 Å². The molecule has 0 saturated heterocycles. The first-order valence-electron chi connectivity index (χ1n) is 5.30. The van der Waals surface area contributed by atoms with E-state index in [2.05, 4.69) is 17.1 Å². The lowest BCUT2D eigenvalue weighted by Gasteiger charge is -2.07. The predicted molar refractivity (Wildman–Crippen MR) is 66.9 cm³/mol. The topological polar surface area (TPSA) is 64.9 Å². The van der Waals surface area contributed by atoms with Gasteiger partial charge in [0.25, 0.3) is 0 Å². The fraction of sp³-hybridized carbons (Fsp3) is 0.154. The van der Waals surface area contributed by atoms with Gasteiger partial charge in [-0.1, -0.05) is 30.3 Å². The molecular weight excluding hydrogens is 198 g/mol. The van der Waals surface area contributed by atoms with Crippen LogP contribution in [-0.2, 0) is 12.8 Å². The van der Waals surface area contributed by atoms with Crippen LogP contribution in [0.5, 0.6) is 0 Å². The van der Waals surface area contributed by atoms with Crippen molar-refractivity contribution in [1.82, 2.24) is 4.98 Å². The number of nitrogen functional groups attached to an aromatic ring is 2. The molecule has 2 rings (SSSR count). The van der Waals surface area contributed by atoms with Gasteiger partial charge >= 0.3 is 0 Å². The summed E-state index contributed by atoms with van der Waals surface area (Å²) in [6, 6.07) is 12.1. The van der Waals surface area contributed by atoms with Crippen LogP contribution in [0.15, 0.2) is 42.6 Å². The number of hydrogen-bond donors (Lipinski definition) is 2. The average molecular weight is 213 g/mol. The van der Waals surface area contributed by atoms with Crippen molar-refractivity contribution in [2.24, 2.45) is 0 Å². The van der Waals surface area contributed by atoms with E-state index in [1.807, 2.05) is 18.2 Å². The summed E-state index contributed by atoms with van der Waals surface area (Å²) < 4.78 is 0. The van der Waals surface area contributed by atoms with E-state index in [0.717, 1.165) is 24.1 Å². The lowest BCUT2D eigenvalue weighted by Crippen LogP contribution is -2.03. The lowest BCUT2D eigenvalue weighted by atomic mass is 10.0. The summed E-state index contributed by atoms with van der Waals surface area (Å²) >= 11 is 0. The summed E-state index contributed by atoms with van der Waals surface area (Å²) in [5, 5.41) is 0. The van der Waals surface area contributed by atoms with Gasteiger partial charge in [-0.2, -0.15) is 0 Å². The quantitative estimate of drug-likeness (QED) is 0.820. The van der Waals surface area contributed by atoms with Crippen LogP contribution in [0.3, 0.4) is 0 Å². The average Bonchev–Trinajstić information content (AvgIpc) is 2.30. The van der Waals surface area contributed by atoms with Gasteiger partial charge in [0.1, 0.15) is 5.82 Å². The van der Waals surface area contributed by atoms with Gasteiger partial charge in [0.2, 0.25) is 0 Å². The third kappa shape index (κ3) is 2.31. The Morgan fingerprint density at radius 1 is 0.938 bits per heavy atom. The largest absolute Gasteiger partial charge is 0.398 e. The van der Waals surface area contributed by atoms with Gasteiger partial charge < -0.3 is 11.5 Å². The number of benzene rings is 1. The van der Waals surface area contributed by atoms with Crippen molar-refractivity contribution in [2.75, 3.05) is 11.5 Å². The smallest absolute Gasteiger partial charge is 0.128 e. The molecule has 2 aromatic rings. The van der Waals surface area contributed by atoms with Crippen LogP contribution in [0, 0.1) is 0 Å². The first-order chi connectivity index (χ1) is 7.77. The molecule has 0 aliphatic heterocycles. The van der Waals surface area contributed by atoms with Gasteiger partial charge in [-0.25, -0.2) is 4.98 Å². The molecule has 0 bridgehead atoms. The molecular formula is C13H15N3. The summed E-state index contributed by atoms with van der Waals surface area (Å²) in [4.78, 5) is 4.05. The Hall–Kier alpha value is -2.03. The molecule has 0 aliphatic carbocycles. The van der Waals surface area contributed by atoms with Crippen molar-refractivity contribution in [3.63, 3.8) is 0 Å². The predicted octanol–water partition coefficient (Wildman–Crippen LogP) is 2.03. The zero-order valence-electron chi connectivity index (χ0n) is 9.06. The third-order valence-electron chi connectivity index (χ3n) is 2.63. The maximum absolute atomic E-state index is 5.87. The van der Waals surface area contributed by atoms with E-state index in [1.54, 1.807) is 12.3 Å². The molecule has 82 valence electrons. The zero-order chi connectivity index (χ0) is 11.4. The molecule has 1 heterocycles. The van der Waals surface area contributed by atoms with Crippen molar-refractivity contribution in [2.45, 2.75) is 12.8 Å². The second-order valence-electron chi connectivity index (χ2n) is 3.75. The fourth-order valence-corrected chi connectivity index (χ4v) is 1.71. The number of aryl methyl sites for hydroxylation is 1. The standard InChI is InChI=1S/C13H15N3/c14-12-8-9-16-13(15)11(12)7-6-10-4-2-1-3-5-10/h1-5,8-9H,6-7H2,(H4,14,15,16). The van der Waals surface area contributed by atoms with Gasteiger partial charge in [-0.15, -0.1) is 0 Å². The Kier molecular flexibility index (Phi) is 3.05. The highest BCUT2D eigenvalue weighted by Crippen LogP contribution is 2.18. The summed E-state index contributed by atoms with van der Waals surface area (Å²) in [5.41, 5.74) is 14.6. The zero-order valence-corrected chi connectivity index (χ0v) is 9.06. The van der Waals surface area contributed by atoms with E-state index < -0.39 is 0 Å². The number of nitrogens with two attached hydrogens (primary N) is 2. The maximum Gasteiger partial charge on any atom is 0.128 e. The van der Waals surface area contributed by atoms with E-state index in [-0.39, 0.29) is 0 Å². The van der Waals surface area contributed by atoms with Crippen LogP contribution >= 0.6 is 0 Å². The number of anilines is 2. The summed E-state index contributed by atoms with van der Waals surface area (Å²) in [7, 11) is 0. The Morgan fingerprint density at radius 2 is 1.69 bits per heavy atom. The number of pyridine rings is 1. The Labute approximate surface area is 95.1 Å². The number of aromatic nitrogens is 1. The monoisotopic (exact) mass is 213 g/mol. The Bertz CT molecular complexity index is 446. The highest BCUT2D eigenvalue weighted by atomic mass is 14.8. The van der Waals surface area contributed by atoms with E-state index in [4.69, 9.17) is 11.5 Å². The third-order valence-corrected chi connectivity index (χ3v) is 2.63. The van der Waals surface area contributed by atoms with E-state index in [1.165, 1.54) is 5.56 Å². The maximum atomic E-state index is 5.87. The van der Waals surface area contributed by atoms with Crippen LogP contribution in [0.2, 0.25) is 0 Å². The molecule has 0 radical (unpaired) electrons. The van der Waals surface area contributed by atoms with Crippen molar-refractivity contribution in [1.29, 1.82) is 0 Å². The van der Waals surface area contributed by atoms with Gasteiger partial charge in [0, 0.05) is 17.4 Å². The van der Waals surface area contributed by atoms with Crippen LogP contribution in [0.4, 0.5) is 11.5 Å². The minimum atomic E-state index is 0.538. The van der Waals surface area contributed by atoms with E-state index >= 15 is 0 Å². The highest BCUT2D eigenvalue weighted by Gasteiger charge is 2.04. The van der Waals surface area contributed by atoms with Gasteiger partial charge in [-0.05, 0) is 24.5 Å². The summed E-state index contributed by atoms with van der Waals surface area (Å²) in [6.45, 7) is 0. The Morgan fingerprint density at radius 3 is 2.38 bits per heavy atom. The highest BCUT2D eigenvalue weighted by molar-refractivity contribution is 5.56. The van der Waals surface area contributed by atoms with E-state index in [9.17, 15) is 0 Å². The Balaban J connectivity index is 2.11. The molecule has 0 aliphatic rings. The van der Waals surface area contributed by atoms with Crippen LogP contribution in [0.1, 0.15) is 11.1 Å². The van der Waals surface area contributed by atoms with Crippen LogP contribution in [-0.4, -0.2) is 4.98 Å². The first-order valence-corrected chi connectivity index (χ1v) is 5.30. The molecule has 0 fully saturated rings. The van der Waals surface area contributed by atoms with Crippen molar-refractivity contribution < 1.29 is 0 Å². The normalized spacial score (nSPS) is 10.2. The van der Waals surface area contributed by atoms with Gasteiger partial charge in [0.15, 0.2) is 0 Å². The molecule has 0 saturated carbocycles.